The van der Waals surface area contributed by atoms with Crippen LogP contribution >= 0.6 is 0 Å². The SMILES string of the molecule is C=C(Nc1cncc(CN(C)C)c1)c1n[nH]c2ccc(-c3cncc(CN4CCCCC4)c3)cc12. The molecule has 0 atom stereocenters. The minimum atomic E-state index is 0.731. The molecule has 1 aromatic carbocycles. The van der Waals surface area contributed by atoms with Crippen molar-refractivity contribution >= 4 is 22.3 Å². The monoisotopic (exact) mass is 467 g/mol. The molecule has 1 saturated heterocycles. The number of aromatic amines is 1. The molecule has 0 unspecified atom stereocenters. The summed E-state index contributed by atoms with van der Waals surface area (Å²) in [4.78, 5) is 13.6. The summed E-state index contributed by atoms with van der Waals surface area (Å²) in [6.45, 7) is 8.41. The fourth-order valence-corrected chi connectivity index (χ4v) is 4.77. The van der Waals surface area contributed by atoms with Crippen LogP contribution in [0.2, 0.25) is 0 Å². The lowest BCUT2D eigenvalue weighted by Gasteiger charge is -2.26. The van der Waals surface area contributed by atoms with Crippen molar-refractivity contribution in [1.82, 2.24) is 30.0 Å². The fraction of sp³-hybridized carbons (Fsp3) is 0.321. The summed E-state index contributed by atoms with van der Waals surface area (Å²) in [5.74, 6) is 0. The van der Waals surface area contributed by atoms with Gasteiger partial charge in [-0.2, -0.15) is 5.10 Å². The van der Waals surface area contributed by atoms with E-state index in [1.54, 1.807) is 0 Å². The summed E-state index contributed by atoms with van der Waals surface area (Å²) < 4.78 is 0. The Balaban J connectivity index is 1.37. The van der Waals surface area contributed by atoms with Crippen LogP contribution in [0.15, 0.2) is 61.7 Å². The van der Waals surface area contributed by atoms with E-state index in [0.717, 1.165) is 57.8 Å². The van der Waals surface area contributed by atoms with Gasteiger partial charge >= 0.3 is 0 Å². The van der Waals surface area contributed by atoms with E-state index in [-0.39, 0.29) is 0 Å². The van der Waals surface area contributed by atoms with Crippen molar-refractivity contribution in [3.8, 4) is 11.1 Å². The summed E-state index contributed by atoms with van der Waals surface area (Å²) >= 11 is 0. The average molecular weight is 468 g/mol. The van der Waals surface area contributed by atoms with Crippen LogP contribution in [0.25, 0.3) is 27.7 Å². The first-order valence-electron chi connectivity index (χ1n) is 12.2. The van der Waals surface area contributed by atoms with Crippen molar-refractivity contribution in [2.24, 2.45) is 0 Å². The van der Waals surface area contributed by atoms with Crippen LogP contribution in [0, 0.1) is 0 Å². The molecular formula is C28H33N7. The highest BCUT2D eigenvalue weighted by molar-refractivity contribution is 5.95. The lowest BCUT2D eigenvalue weighted by atomic mass is 10.0. The van der Waals surface area contributed by atoms with Crippen LogP contribution in [-0.4, -0.2) is 57.1 Å². The highest BCUT2D eigenvalue weighted by Gasteiger charge is 2.14. The normalized spacial score (nSPS) is 14.5. The summed E-state index contributed by atoms with van der Waals surface area (Å²) in [6.07, 6.45) is 11.6. The minimum absolute atomic E-state index is 0.731. The Morgan fingerprint density at radius 1 is 0.971 bits per heavy atom. The molecule has 4 heterocycles. The van der Waals surface area contributed by atoms with E-state index in [4.69, 9.17) is 0 Å². The summed E-state index contributed by atoms with van der Waals surface area (Å²) in [6, 6.07) is 10.7. The predicted octanol–water partition coefficient (Wildman–Crippen LogP) is 5.15. The summed E-state index contributed by atoms with van der Waals surface area (Å²) in [7, 11) is 4.09. The highest BCUT2D eigenvalue weighted by Crippen LogP contribution is 2.29. The topological polar surface area (TPSA) is 73.0 Å². The molecule has 0 radical (unpaired) electrons. The number of hydrogen-bond donors (Lipinski definition) is 2. The van der Waals surface area contributed by atoms with E-state index in [1.165, 1.54) is 37.9 Å². The van der Waals surface area contributed by atoms with Gasteiger partial charge in [0.05, 0.1) is 23.1 Å². The largest absolute Gasteiger partial charge is 0.353 e. The van der Waals surface area contributed by atoms with Gasteiger partial charge in [-0.25, -0.2) is 0 Å². The van der Waals surface area contributed by atoms with Crippen LogP contribution in [0.4, 0.5) is 5.69 Å². The van der Waals surface area contributed by atoms with Crippen LogP contribution in [0.3, 0.4) is 0 Å². The molecule has 5 rings (SSSR count). The molecule has 3 aromatic heterocycles. The number of H-pyrrole nitrogens is 1. The Bertz CT molecular complexity index is 1320. The number of fused-ring (bicyclic) bond motifs is 1. The lowest BCUT2D eigenvalue weighted by molar-refractivity contribution is 0.220. The van der Waals surface area contributed by atoms with Crippen molar-refractivity contribution in [1.29, 1.82) is 0 Å². The second-order valence-electron chi connectivity index (χ2n) is 9.67. The van der Waals surface area contributed by atoms with Crippen molar-refractivity contribution in [2.45, 2.75) is 32.4 Å². The van der Waals surface area contributed by atoms with Gasteiger partial charge in [0.1, 0.15) is 5.69 Å². The number of pyridine rings is 2. The number of nitrogens with one attached hydrogen (secondary N) is 2. The van der Waals surface area contributed by atoms with Gasteiger partial charge in [-0.05, 0) is 81.0 Å². The van der Waals surface area contributed by atoms with Gasteiger partial charge < -0.3 is 10.2 Å². The third-order valence-electron chi connectivity index (χ3n) is 6.42. The molecule has 2 N–H and O–H groups in total. The maximum absolute atomic E-state index is 4.55. The van der Waals surface area contributed by atoms with Crippen LogP contribution < -0.4 is 5.32 Å². The first kappa shape index (κ1) is 23.2. The zero-order chi connectivity index (χ0) is 24.2. The number of hydrogen-bond acceptors (Lipinski definition) is 6. The third kappa shape index (κ3) is 5.58. The van der Waals surface area contributed by atoms with E-state index in [2.05, 4.69) is 72.2 Å². The number of nitrogens with zero attached hydrogens (tertiary/aromatic N) is 5. The van der Waals surface area contributed by atoms with Gasteiger partial charge in [-0.15, -0.1) is 0 Å². The quantitative estimate of drug-likeness (QED) is 0.373. The zero-order valence-electron chi connectivity index (χ0n) is 20.6. The molecule has 0 bridgehead atoms. The Hall–Kier alpha value is -3.55. The molecule has 0 aliphatic carbocycles. The number of piperidine rings is 1. The van der Waals surface area contributed by atoms with Crippen molar-refractivity contribution in [3.05, 3.63) is 78.5 Å². The molecular weight excluding hydrogens is 434 g/mol. The van der Waals surface area contributed by atoms with E-state index >= 15 is 0 Å². The highest BCUT2D eigenvalue weighted by atomic mass is 15.1. The average Bonchev–Trinajstić information content (AvgIpc) is 3.28. The molecule has 1 aliphatic rings. The second kappa shape index (κ2) is 10.4. The van der Waals surface area contributed by atoms with E-state index < -0.39 is 0 Å². The number of likely N-dealkylation sites (tertiary alicyclic amines) is 1. The first-order valence-corrected chi connectivity index (χ1v) is 12.2. The maximum atomic E-state index is 4.55. The van der Waals surface area contributed by atoms with E-state index in [1.807, 2.05) is 38.9 Å². The Morgan fingerprint density at radius 2 is 1.77 bits per heavy atom. The number of rotatable bonds is 8. The molecule has 7 heteroatoms. The predicted molar refractivity (Wildman–Crippen MR) is 143 cm³/mol. The maximum Gasteiger partial charge on any atom is 0.116 e. The van der Waals surface area contributed by atoms with Gasteiger partial charge in [-0.3, -0.25) is 20.0 Å². The first-order chi connectivity index (χ1) is 17.0. The smallest absolute Gasteiger partial charge is 0.116 e. The molecule has 35 heavy (non-hydrogen) atoms. The number of aromatic nitrogens is 4. The Labute approximate surface area is 206 Å². The Morgan fingerprint density at radius 3 is 2.60 bits per heavy atom. The van der Waals surface area contributed by atoms with Gasteiger partial charge in [0, 0.05) is 42.6 Å². The van der Waals surface area contributed by atoms with Crippen LogP contribution in [-0.2, 0) is 13.1 Å². The van der Waals surface area contributed by atoms with Crippen LogP contribution in [0.1, 0.15) is 36.1 Å². The standard InChI is InChI=1S/C28H33N7/c1-20(31-25-12-22(15-30-17-25)18-34(2)3)28-26-13-23(7-8-27(26)32-33-28)24-11-21(14-29-16-24)19-35-9-5-4-6-10-35/h7-8,11-17,31H,1,4-6,9-10,18-19H2,2-3H3,(H,32,33). The summed E-state index contributed by atoms with van der Waals surface area (Å²) in [5, 5.41) is 12.1. The molecule has 0 saturated carbocycles. The van der Waals surface area contributed by atoms with Gasteiger partial charge in [0.15, 0.2) is 0 Å². The van der Waals surface area contributed by atoms with Gasteiger partial charge in [0.2, 0.25) is 0 Å². The van der Waals surface area contributed by atoms with Crippen molar-refractivity contribution < 1.29 is 0 Å². The molecule has 4 aromatic rings. The molecule has 0 amide bonds. The lowest BCUT2D eigenvalue weighted by Crippen LogP contribution is -2.29. The molecule has 1 fully saturated rings. The van der Waals surface area contributed by atoms with E-state index in [9.17, 15) is 0 Å². The second-order valence-corrected chi connectivity index (χ2v) is 9.67. The van der Waals surface area contributed by atoms with E-state index in [0.29, 0.717) is 0 Å². The van der Waals surface area contributed by atoms with Gasteiger partial charge in [-0.1, -0.05) is 19.1 Å². The summed E-state index contributed by atoms with van der Waals surface area (Å²) in [5.41, 5.74) is 8.04. The molecule has 1 aliphatic heterocycles. The van der Waals surface area contributed by atoms with Gasteiger partial charge in [0.25, 0.3) is 0 Å². The third-order valence-corrected chi connectivity index (χ3v) is 6.42. The zero-order valence-corrected chi connectivity index (χ0v) is 20.6. The van der Waals surface area contributed by atoms with Crippen molar-refractivity contribution in [2.75, 3.05) is 32.5 Å². The minimum Gasteiger partial charge on any atom is -0.353 e. The fourth-order valence-electron chi connectivity index (χ4n) is 4.77. The number of benzene rings is 1. The molecule has 7 nitrogen and oxygen atoms in total. The molecule has 180 valence electrons. The van der Waals surface area contributed by atoms with Crippen LogP contribution in [0.5, 0.6) is 0 Å². The number of anilines is 1. The molecule has 0 spiro atoms. The Kier molecular flexibility index (Phi) is 6.88. The van der Waals surface area contributed by atoms with Crippen molar-refractivity contribution in [3.63, 3.8) is 0 Å².